The monoisotopic (exact) mass is 346 g/mol. The van der Waals surface area contributed by atoms with Gasteiger partial charge in [-0.25, -0.2) is 4.79 Å². The van der Waals surface area contributed by atoms with Crippen molar-refractivity contribution in [1.82, 2.24) is 0 Å². The number of ether oxygens (including phenoxy) is 3. The fourth-order valence-electron chi connectivity index (χ4n) is 3.53. The van der Waals surface area contributed by atoms with Crippen molar-refractivity contribution < 1.29 is 34.3 Å². The first-order valence-electron chi connectivity index (χ1n) is 8.54. The largest absolute Gasteiger partial charge is 0.464 e. The van der Waals surface area contributed by atoms with Crippen molar-refractivity contribution in [1.29, 1.82) is 0 Å². The number of hydrogen-bond acceptors (Lipinski definition) is 7. The van der Waals surface area contributed by atoms with Crippen LogP contribution < -0.4 is 0 Å². The molecule has 0 bridgehead atoms. The Morgan fingerprint density at radius 1 is 1.33 bits per heavy atom. The quantitative estimate of drug-likeness (QED) is 0.635. The second kappa shape index (κ2) is 6.21. The first-order chi connectivity index (χ1) is 10.9. The van der Waals surface area contributed by atoms with E-state index in [0.29, 0.717) is 19.3 Å². The van der Waals surface area contributed by atoms with E-state index in [1.54, 1.807) is 13.8 Å². The first-order valence-corrected chi connectivity index (χ1v) is 8.54. The molecule has 2 heterocycles. The Bertz CT molecular complexity index is 488. The molecule has 140 valence electrons. The second-order valence-corrected chi connectivity index (χ2v) is 7.87. The number of hydrogen-bond donors (Lipinski definition) is 3. The van der Waals surface area contributed by atoms with E-state index in [9.17, 15) is 20.1 Å². The van der Waals surface area contributed by atoms with Crippen LogP contribution in [-0.2, 0) is 19.0 Å². The van der Waals surface area contributed by atoms with Gasteiger partial charge in [0.1, 0.15) is 11.2 Å². The van der Waals surface area contributed by atoms with Crippen LogP contribution in [0.2, 0.25) is 0 Å². The van der Waals surface area contributed by atoms with Gasteiger partial charge in [0.25, 0.3) is 0 Å². The summed E-state index contributed by atoms with van der Waals surface area (Å²) in [5.41, 5.74) is -3.27. The van der Waals surface area contributed by atoms with Crippen molar-refractivity contribution in [3.63, 3.8) is 0 Å². The summed E-state index contributed by atoms with van der Waals surface area (Å²) in [5.74, 6) is -2.35. The summed E-state index contributed by atoms with van der Waals surface area (Å²) in [5, 5.41) is 31.0. The van der Waals surface area contributed by atoms with Gasteiger partial charge < -0.3 is 29.5 Å². The average molecular weight is 346 g/mol. The van der Waals surface area contributed by atoms with Gasteiger partial charge in [-0.15, -0.1) is 0 Å². The minimum Gasteiger partial charge on any atom is -0.464 e. The van der Waals surface area contributed by atoms with Crippen LogP contribution in [0, 0.1) is 0 Å². The number of aliphatic hydroxyl groups excluding tert-OH is 1. The van der Waals surface area contributed by atoms with Crippen molar-refractivity contribution in [2.45, 2.75) is 95.1 Å². The van der Waals surface area contributed by atoms with Crippen LogP contribution in [0.5, 0.6) is 0 Å². The minimum absolute atomic E-state index is 0.189. The van der Waals surface area contributed by atoms with Gasteiger partial charge in [-0.2, -0.15) is 0 Å². The molecule has 2 aliphatic heterocycles. The summed E-state index contributed by atoms with van der Waals surface area (Å²) in [4.78, 5) is 11.8. The average Bonchev–Trinajstić information content (AvgIpc) is 3.02. The Labute approximate surface area is 142 Å². The number of aliphatic hydroxyl groups is 3. The van der Waals surface area contributed by atoms with Gasteiger partial charge in [-0.3, -0.25) is 0 Å². The Balaban J connectivity index is 2.09. The molecular formula is C17H30O7. The maximum absolute atomic E-state index is 11.8. The molecular weight excluding hydrogens is 316 g/mol. The fourth-order valence-corrected chi connectivity index (χ4v) is 3.53. The highest BCUT2D eigenvalue weighted by molar-refractivity contribution is 5.76. The smallest absolute Gasteiger partial charge is 0.337 e. The molecule has 0 spiro atoms. The summed E-state index contributed by atoms with van der Waals surface area (Å²) >= 11 is 0. The highest BCUT2D eigenvalue weighted by Crippen LogP contribution is 2.49. The SMILES string of the molecule is CCOC(=O)[C@@H](O)[C@]1(C)CC[C@H]([C@@]2(C)CCC(O)(C(C)(C)O)O2)O1. The van der Waals surface area contributed by atoms with E-state index in [-0.39, 0.29) is 13.0 Å². The van der Waals surface area contributed by atoms with Crippen LogP contribution in [0.1, 0.15) is 60.3 Å². The molecule has 7 nitrogen and oxygen atoms in total. The summed E-state index contributed by atoms with van der Waals surface area (Å²) < 4.78 is 16.7. The highest BCUT2D eigenvalue weighted by atomic mass is 16.7. The lowest BCUT2D eigenvalue weighted by Crippen LogP contribution is -2.53. The van der Waals surface area contributed by atoms with Gasteiger partial charge >= 0.3 is 5.97 Å². The van der Waals surface area contributed by atoms with E-state index in [4.69, 9.17) is 14.2 Å². The standard InChI is InChI=1S/C17H30O7/c1-6-22-13(19)12(18)16(5)8-7-11(23-16)15(4)9-10-17(21,24-15)14(2,3)20/h11-12,18,20-21H,6-10H2,1-5H3/t11-,12-,15-,16+,17?/m1/s1. The molecule has 0 saturated carbocycles. The van der Waals surface area contributed by atoms with Crippen LogP contribution in [-0.4, -0.2) is 62.7 Å². The van der Waals surface area contributed by atoms with Crippen molar-refractivity contribution in [3.8, 4) is 0 Å². The molecule has 2 rings (SSSR count). The molecule has 0 aromatic carbocycles. The molecule has 7 heteroatoms. The van der Waals surface area contributed by atoms with Gasteiger partial charge in [-0.1, -0.05) is 0 Å². The summed E-state index contributed by atoms with van der Waals surface area (Å²) in [7, 11) is 0. The first kappa shape index (κ1) is 19.6. The predicted molar refractivity (Wildman–Crippen MR) is 85.1 cm³/mol. The van der Waals surface area contributed by atoms with Crippen molar-refractivity contribution in [3.05, 3.63) is 0 Å². The molecule has 2 saturated heterocycles. The van der Waals surface area contributed by atoms with Crippen molar-refractivity contribution in [2.75, 3.05) is 6.61 Å². The van der Waals surface area contributed by atoms with Crippen LogP contribution in [0.15, 0.2) is 0 Å². The molecule has 0 aromatic heterocycles. The van der Waals surface area contributed by atoms with Gasteiger partial charge in [0, 0.05) is 6.42 Å². The fraction of sp³-hybridized carbons (Fsp3) is 0.941. The highest BCUT2D eigenvalue weighted by Gasteiger charge is 2.59. The Morgan fingerprint density at radius 3 is 2.46 bits per heavy atom. The normalized spacial score (nSPS) is 41.4. The molecule has 0 radical (unpaired) electrons. The van der Waals surface area contributed by atoms with Crippen LogP contribution >= 0.6 is 0 Å². The van der Waals surface area contributed by atoms with Crippen molar-refractivity contribution in [2.24, 2.45) is 0 Å². The lowest BCUT2D eigenvalue weighted by molar-refractivity contribution is -0.310. The summed E-state index contributed by atoms with van der Waals surface area (Å²) in [6.07, 6.45) is 0.0556. The topological polar surface area (TPSA) is 105 Å². The molecule has 0 aliphatic carbocycles. The summed E-state index contributed by atoms with van der Waals surface area (Å²) in [6, 6.07) is 0. The Kier molecular flexibility index (Phi) is 5.07. The van der Waals surface area contributed by atoms with E-state index in [1.165, 1.54) is 13.8 Å². The lowest BCUT2D eigenvalue weighted by Gasteiger charge is -2.39. The maximum atomic E-state index is 11.8. The van der Waals surface area contributed by atoms with Crippen molar-refractivity contribution >= 4 is 5.97 Å². The zero-order chi connectivity index (χ0) is 18.4. The molecule has 0 amide bonds. The minimum atomic E-state index is -1.65. The molecule has 0 aromatic rings. The molecule has 1 unspecified atom stereocenters. The molecule has 24 heavy (non-hydrogen) atoms. The third-order valence-electron chi connectivity index (χ3n) is 5.40. The number of esters is 1. The third-order valence-corrected chi connectivity index (χ3v) is 5.40. The van der Waals surface area contributed by atoms with E-state index >= 15 is 0 Å². The molecule has 2 fully saturated rings. The second-order valence-electron chi connectivity index (χ2n) is 7.87. The lowest BCUT2D eigenvalue weighted by atomic mass is 9.89. The summed E-state index contributed by atoms with van der Waals surface area (Å²) in [6.45, 7) is 8.37. The predicted octanol–water partition coefficient (Wildman–Crippen LogP) is 0.877. The van der Waals surface area contributed by atoms with E-state index in [0.717, 1.165) is 0 Å². The molecule has 2 aliphatic rings. The van der Waals surface area contributed by atoms with Crippen LogP contribution in [0.25, 0.3) is 0 Å². The number of rotatable bonds is 5. The van der Waals surface area contributed by atoms with E-state index < -0.39 is 40.8 Å². The van der Waals surface area contributed by atoms with Crippen LogP contribution in [0.4, 0.5) is 0 Å². The Morgan fingerprint density at radius 2 is 1.96 bits per heavy atom. The van der Waals surface area contributed by atoms with E-state index in [1.807, 2.05) is 6.92 Å². The van der Waals surface area contributed by atoms with Gasteiger partial charge in [0.2, 0.25) is 0 Å². The molecule has 5 atom stereocenters. The zero-order valence-corrected chi connectivity index (χ0v) is 15.2. The number of carbonyl (C=O) groups is 1. The number of carbonyl (C=O) groups excluding carboxylic acids is 1. The van der Waals surface area contributed by atoms with Gasteiger partial charge in [0.05, 0.1) is 18.3 Å². The third kappa shape index (κ3) is 3.32. The zero-order valence-electron chi connectivity index (χ0n) is 15.2. The van der Waals surface area contributed by atoms with Gasteiger partial charge in [-0.05, 0) is 53.9 Å². The van der Waals surface area contributed by atoms with Gasteiger partial charge in [0.15, 0.2) is 11.9 Å². The Hall–Kier alpha value is -0.730. The molecule has 3 N–H and O–H groups in total. The van der Waals surface area contributed by atoms with E-state index in [2.05, 4.69) is 0 Å². The maximum Gasteiger partial charge on any atom is 0.337 e. The van der Waals surface area contributed by atoms with Crippen LogP contribution in [0.3, 0.4) is 0 Å².